The van der Waals surface area contributed by atoms with E-state index >= 15 is 0 Å². The molecule has 4 aromatic rings. The molecule has 0 saturated carbocycles. The molecule has 0 radical (unpaired) electrons. The normalized spacial score (nSPS) is 11.9. The highest BCUT2D eigenvalue weighted by molar-refractivity contribution is 7.14. The van der Waals surface area contributed by atoms with Gasteiger partial charge in [0, 0.05) is 16.5 Å². The van der Waals surface area contributed by atoms with Crippen LogP contribution in [-0.4, -0.2) is 16.0 Å². The molecule has 0 spiro atoms. The Balaban J connectivity index is 1.63. The van der Waals surface area contributed by atoms with Crippen LogP contribution in [0.1, 0.15) is 5.56 Å². The first-order valence-electron chi connectivity index (χ1n) is 9.48. The number of hydrogen-bond donors (Lipinski definition) is 2. The summed E-state index contributed by atoms with van der Waals surface area (Å²) < 4.78 is 0. The molecule has 0 aliphatic rings. The molecule has 3 aromatic carbocycles. The minimum absolute atomic E-state index is 0.202. The number of nitrogens with zero attached hydrogens (tertiary/aromatic N) is 3. The van der Waals surface area contributed by atoms with Crippen LogP contribution in [0.15, 0.2) is 112 Å². The van der Waals surface area contributed by atoms with Crippen LogP contribution in [-0.2, 0) is 4.79 Å². The van der Waals surface area contributed by atoms with Crippen LogP contribution in [0.4, 0.5) is 10.8 Å². The Labute approximate surface area is 183 Å². The fraction of sp³-hybridized carbons (Fsp3) is 0. The topological polar surface area (TPSA) is 86.9 Å². The third-order valence-electron chi connectivity index (χ3n) is 4.30. The standard InChI is InChI=1S/C24H18N4O2S/c29-22(18-12-6-2-7-13-18)21(28-27-19-14-8-3-9-15-19)23(30)26-24-25-20(16-31-24)17-10-4-1-5-11-17/h1-16,29H,(H,25,26,30)/b22-21+,28-27?. The number of benzene rings is 3. The monoisotopic (exact) mass is 426 g/mol. The van der Waals surface area contributed by atoms with Crippen molar-refractivity contribution in [3.05, 3.63) is 108 Å². The molecule has 0 bridgehead atoms. The van der Waals surface area contributed by atoms with Gasteiger partial charge in [-0.15, -0.1) is 16.5 Å². The first-order chi connectivity index (χ1) is 15.2. The molecule has 6 nitrogen and oxygen atoms in total. The molecule has 0 fully saturated rings. The Bertz CT molecular complexity index is 1220. The minimum Gasteiger partial charge on any atom is -0.505 e. The average Bonchev–Trinajstić information content (AvgIpc) is 3.29. The Morgan fingerprint density at radius 2 is 1.48 bits per heavy atom. The van der Waals surface area contributed by atoms with Crippen molar-refractivity contribution in [1.82, 2.24) is 4.98 Å². The summed E-state index contributed by atoms with van der Waals surface area (Å²) in [6, 6.07) is 27.4. The summed E-state index contributed by atoms with van der Waals surface area (Å²) in [5.74, 6) is -0.868. The van der Waals surface area contributed by atoms with Gasteiger partial charge >= 0.3 is 0 Å². The quantitative estimate of drug-likeness (QED) is 0.211. The highest BCUT2D eigenvalue weighted by Crippen LogP contribution is 2.26. The number of amides is 1. The second-order valence-corrected chi connectivity index (χ2v) is 7.31. The number of aliphatic hydroxyl groups excluding tert-OH is 1. The number of carbonyl (C=O) groups excluding carboxylic acids is 1. The maximum absolute atomic E-state index is 13.0. The van der Waals surface area contributed by atoms with Gasteiger partial charge in [-0.25, -0.2) is 4.98 Å². The zero-order valence-electron chi connectivity index (χ0n) is 16.3. The van der Waals surface area contributed by atoms with Gasteiger partial charge < -0.3 is 5.11 Å². The predicted molar refractivity (Wildman–Crippen MR) is 123 cm³/mol. The van der Waals surface area contributed by atoms with E-state index < -0.39 is 5.91 Å². The minimum atomic E-state index is -0.602. The second kappa shape index (κ2) is 9.60. The number of azo groups is 1. The number of aliphatic hydroxyl groups is 1. The molecule has 1 aromatic heterocycles. The van der Waals surface area contributed by atoms with Gasteiger partial charge in [-0.1, -0.05) is 78.9 Å². The Kier molecular flexibility index (Phi) is 6.25. The molecule has 7 heteroatoms. The van der Waals surface area contributed by atoms with Crippen molar-refractivity contribution in [1.29, 1.82) is 0 Å². The van der Waals surface area contributed by atoms with Crippen molar-refractivity contribution in [2.45, 2.75) is 0 Å². The van der Waals surface area contributed by atoms with Gasteiger partial charge in [0.1, 0.15) is 0 Å². The van der Waals surface area contributed by atoms with Crippen molar-refractivity contribution in [2.24, 2.45) is 10.2 Å². The van der Waals surface area contributed by atoms with Gasteiger partial charge in [0.25, 0.3) is 5.91 Å². The average molecular weight is 427 g/mol. The predicted octanol–water partition coefficient (Wildman–Crippen LogP) is 6.46. The van der Waals surface area contributed by atoms with E-state index in [0.717, 1.165) is 11.3 Å². The van der Waals surface area contributed by atoms with E-state index in [1.807, 2.05) is 60.0 Å². The maximum atomic E-state index is 13.0. The van der Waals surface area contributed by atoms with Crippen molar-refractivity contribution >= 4 is 33.8 Å². The van der Waals surface area contributed by atoms with Gasteiger partial charge in [-0.2, -0.15) is 5.11 Å². The second-order valence-electron chi connectivity index (χ2n) is 6.46. The fourth-order valence-electron chi connectivity index (χ4n) is 2.76. The summed E-state index contributed by atoms with van der Waals surface area (Å²) in [5, 5.41) is 23.9. The Hall–Kier alpha value is -4.10. The van der Waals surface area contributed by atoms with Crippen molar-refractivity contribution in [2.75, 3.05) is 5.32 Å². The zero-order valence-corrected chi connectivity index (χ0v) is 17.2. The lowest BCUT2D eigenvalue weighted by Gasteiger charge is -2.06. The zero-order chi connectivity index (χ0) is 21.5. The molecule has 152 valence electrons. The van der Waals surface area contributed by atoms with E-state index in [9.17, 15) is 9.90 Å². The third kappa shape index (κ3) is 5.09. The number of carbonyl (C=O) groups is 1. The highest BCUT2D eigenvalue weighted by atomic mass is 32.1. The largest absolute Gasteiger partial charge is 0.505 e. The summed E-state index contributed by atoms with van der Waals surface area (Å²) in [6.07, 6.45) is 0. The third-order valence-corrected chi connectivity index (χ3v) is 5.06. The number of anilines is 1. The molecule has 4 rings (SSSR count). The molecular formula is C24H18N4O2S. The number of aromatic nitrogens is 1. The van der Waals surface area contributed by atoms with E-state index in [1.165, 1.54) is 11.3 Å². The van der Waals surface area contributed by atoms with Crippen LogP contribution in [0.5, 0.6) is 0 Å². The molecule has 0 atom stereocenters. The van der Waals surface area contributed by atoms with E-state index in [4.69, 9.17) is 0 Å². The van der Waals surface area contributed by atoms with Gasteiger partial charge in [0.15, 0.2) is 16.6 Å². The van der Waals surface area contributed by atoms with E-state index in [-0.39, 0.29) is 11.5 Å². The van der Waals surface area contributed by atoms with Gasteiger partial charge in [-0.3, -0.25) is 10.1 Å². The fourth-order valence-corrected chi connectivity index (χ4v) is 3.48. The molecule has 1 heterocycles. The van der Waals surface area contributed by atoms with Crippen molar-refractivity contribution in [3.63, 3.8) is 0 Å². The van der Waals surface area contributed by atoms with Gasteiger partial charge in [0.05, 0.1) is 11.4 Å². The lowest BCUT2D eigenvalue weighted by molar-refractivity contribution is -0.112. The molecule has 0 unspecified atom stereocenters. The van der Waals surface area contributed by atoms with Crippen LogP contribution in [0, 0.1) is 0 Å². The smallest absolute Gasteiger partial charge is 0.281 e. The number of rotatable bonds is 6. The lowest BCUT2D eigenvalue weighted by atomic mass is 10.1. The number of nitrogens with one attached hydrogen (secondary N) is 1. The summed E-state index contributed by atoms with van der Waals surface area (Å²) in [4.78, 5) is 17.4. The number of thiazole rings is 1. The SMILES string of the molecule is O=C(Nc1nc(-c2ccccc2)cs1)/C(N=Nc1ccccc1)=C(\O)c1ccccc1. The molecule has 0 aliphatic heterocycles. The summed E-state index contributed by atoms with van der Waals surface area (Å²) in [7, 11) is 0. The van der Waals surface area contributed by atoms with Crippen molar-refractivity contribution < 1.29 is 9.90 Å². The van der Waals surface area contributed by atoms with Crippen LogP contribution >= 0.6 is 11.3 Å². The van der Waals surface area contributed by atoms with Gasteiger partial charge in [-0.05, 0) is 12.1 Å². The van der Waals surface area contributed by atoms with E-state index in [0.29, 0.717) is 16.4 Å². The van der Waals surface area contributed by atoms with E-state index in [2.05, 4.69) is 20.5 Å². The maximum Gasteiger partial charge on any atom is 0.281 e. The first-order valence-corrected chi connectivity index (χ1v) is 10.4. The highest BCUT2D eigenvalue weighted by Gasteiger charge is 2.19. The summed E-state index contributed by atoms with van der Waals surface area (Å²) in [6.45, 7) is 0. The van der Waals surface area contributed by atoms with Crippen LogP contribution in [0.3, 0.4) is 0 Å². The molecule has 1 amide bonds. The number of hydrogen-bond acceptors (Lipinski definition) is 6. The lowest BCUT2D eigenvalue weighted by Crippen LogP contribution is -2.14. The van der Waals surface area contributed by atoms with E-state index in [1.54, 1.807) is 36.4 Å². The molecule has 0 saturated heterocycles. The molecule has 2 N–H and O–H groups in total. The van der Waals surface area contributed by atoms with Gasteiger partial charge in [0.2, 0.25) is 0 Å². The van der Waals surface area contributed by atoms with Crippen LogP contribution in [0.25, 0.3) is 17.0 Å². The molecular weight excluding hydrogens is 408 g/mol. The molecule has 0 aliphatic carbocycles. The van der Waals surface area contributed by atoms with Crippen molar-refractivity contribution in [3.8, 4) is 11.3 Å². The molecule has 31 heavy (non-hydrogen) atoms. The Morgan fingerprint density at radius 3 is 2.16 bits per heavy atom. The Morgan fingerprint density at radius 1 is 0.871 bits per heavy atom. The van der Waals surface area contributed by atoms with Crippen LogP contribution in [0.2, 0.25) is 0 Å². The summed E-state index contributed by atoms with van der Waals surface area (Å²) in [5.41, 5.74) is 2.53. The van der Waals surface area contributed by atoms with Crippen LogP contribution < -0.4 is 5.32 Å². The first kappa shape index (κ1) is 20.2. The summed E-state index contributed by atoms with van der Waals surface area (Å²) >= 11 is 1.29.